The summed E-state index contributed by atoms with van der Waals surface area (Å²) in [5.74, 6) is -0.852. The highest BCUT2D eigenvalue weighted by Crippen LogP contribution is 2.41. The molecular formula is C24H23N2O+. The van der Waals surface area contributed by atoms with Crippen molar-refractivity contribution >= 4 is 27.6 Å². The molecule has 0 fully saturated rings. The van der Waals surface area contributed by atoms with Gasteiger partial charge >= 0.3 is 0 Å². The van der Waals surface area contributed by atoms with Crippen molar-refractivity contribution in [2.75, 3.05) is 0 Å². The minimum atomic E-state index is -0.852. The lowest BCUT2D eigenvalue weighted by atomic mass is 9.98. The summed E-state index contributed by atoms with van der Waals surface area (Å²) >= 11 is 0. The zero-order chi connectivity index (χ0) is 21.1. The molecule has 0 spiro atoms. The van der Waals surface area contributed by atoms with Crippen LogP contribution >= 0.6 is 0 Å². The normalized spacial score (nSPS) is 12.9. The molecule has 0 radical (unpaired) electrons. The summed E-state index contributed by atoms with van der Waals surface area (Å²) in [6.45, 7) is 15.1. The second-order valence-corrected chi connectivity index (χ2v) is 7.26. The summed E-state index contributed by atoms with van der Waals surface area (Å²) in [5.41, 5.74) is 6.38. The van der Waals surface area contributed by atoms with Crippen LogP contribution in [0.5, 0.6) is 0 Å². The lowest BCUT2D eigenvalue weighted by molar-refractivity contribution is -0.660. The van der Waals surface area contributed by atoms with Crippen molar-refractivity contribution in [3.63, 3.8) is 0 Å². The zero-order valence-electron chi connectivity index (χ0n) is 18.3. The summed E-state index contributed by atoms with van der Waals surface area (Å²) in [4.78, 5) is 3.63. The fourth-order valence-electron chi connectivity index (χ4n) is 3.68. The number of fused-ring (bicyclic) bond motifs is 3. The number of aryl methyl sites for hydroxylation is 2. The maximum Gasteiger partial charge on any atom is 0.229 e. The Morgan fingerprint density at radius 2 is 1.81 bits per heavy atom. The van der Waals surface area contributed by atoms with E-state index in [2.05, 4.69) is 10.9 Å². The van der Waals surface area contributed by atoms with Crippen LogP contribution in [0, 0.1) is 20.4 Å². The third kappa shape index (κ3) is 2.61. The number of aromatic nitrogens is 1. The van der Waals surface area contributed by atoms with Crippen molar-refractivity contribution in [2.45, 2.75) is 33.6 Å². The molecule has 134 valence electrons. The van der Waals surface area contributed by atoms with Crippen LogP contribution in [0.4, 0.5) is 5.69 Å². The van der Waals surface area contributed by atoms with Crippen LogP contribution in [-0.2, 0) is 7.05 Å². The number of rotatable bonds is 2. The highest BCUT2D eigenvalue weighted by molar-refractivity contribution is 6.14. The molecule has 27 heavy (non-hydrogen) atoms. The van der Waals surface area contributed by atoms with Crippen LogP contribution in [0.2, 0.25) is 0 Å². The lowest BCUT2D eigenvalue weighted by Crippen LogP contribution is -2.31. The summed E-state index contributed by atoms with van der Waals surface area (Å²) in [6.07, 6.45) is 0.313. The Morgan fingerprint density at radius 3 is 2.52 bits per heavy atom. The second-order valence-electron chi connectivity index (χ2n) is 7.26. The molecule has 3 heteroatoms. The Morgan fingerprint density at radius 1 is 1.07 bits per heavy atom. The monoisotopic (exact) mass is 357 g/mol. The number of nitrogens with zero attached hydrogens (tertiary/aromatic N) is 2. The topological polar surface area (TPSA) is 21.4 Å². The highest BCUT2D eigenvalue weighted by Gasteiger charge is 2.22. The van der Waals surface area contributed by atoms with Gasteiger partial charge < -0.3 is 4.42 Å². The maximum absolute atomic E-state index is 8.60. The number of furan rings is 1. The van der Waals surface area contributed by atoms with Gasteiger partial charge in [-0.25, -0.2) is 9.41 Å². The van der Waals surface area contributed by atoms with Crippen molar-refractivity contribution in [2.24, 2.45) is 7.05 Å². The Labute approximate surface area is 162 Å². The fraction of sp³-hybridized carbons (Fsp3) is 0.250. The van der Waals surface area contributed by atoms with Gasteiger partial charge in [0.25, 0.3) is 0 Å². The average Bonchev–Trinajstić information content (AvgIpc) is 3.04. The lowest BCUT2D eigenvalue weighted by Gasteiger charge is -2.08. The van der Waals surface area contributed by atoms with Crippen molar-refractivity contribution in [3.8, 4) is 11.3 Å². The average molecular weight is 357 g/mol. The van der Waals surface area contributed by atoms with Gasteiger partial charge in [-0.2, -0.15) is 0 Å². The Balaban J connectivity index is 2.12. The quantitative estimate of drug-likeness (QED) is 0.302. The van der Waals surface area contributed by atoms with E-state index < -0.39 is 5.89 Å². The van der Waals surface area contributed by atoms with Gasteiger partial charge in [0.05, 0.1) is 12.1 Å². The molecular weight excluding hydrogens is 332 g/mol. The maximum atomic E-state index is 8.60. The molecule has 2 heterocycles. The zero-order valence-corrected chi connectivity index (χ0v) is 16.3. The SMILES string of the molecule is [2H]c1c(C([2H])(C)C)ccc(-c2c(C)ccc3c2oc2c([N+]#[C-])ccc(C)c23)[n+]1C. The van der Waals surface area contributed by atoms with Crippen LogP contribution in [0.15, 0.2) is 47.0 Å². The van der Waals surface area contributed by atoms with Crippen LogP contribution in [0.3, 0.4) is 0 Å². The van der Waals surface area contributed by atoms with E-state index in [0.717, 1.165) is 38.7 Å². The van der Waals surface area contributed by atoms with Gasteiger partial charge in [0, 0.05) is 23.8 Å². The summed E-state index contributed by atoms with van der Waals surface area (Å²) in [7, 11) is 1.85. The molecule has 4 rings (SSSR count). The van der Waals surface area contributed by atoms with Crippen molar-refractivity contribution in [3.05, 3.63) is 70.7 Å². The van der Waals surface area contributed by atoms with Crippen LogP contribution in [0.1, 0.15) is 39.2 Å². The molecule has 0 aliphatic rings. The van der Waals surface area contributed by atoms with E-state index in [-0.39, 0.29) is 0 Å². The molecule has 0 bridgehead atoms. The Bertz CT molecular complexity index is 1340. The van der Waals surface area contributed by atoms with E-state index in [9.17, 15) is 0 Å². The number of hydrogen-bond donors (Lipinski definition) is 0. The number of pyridine rings is 1. The van der Waals surface area contributed by atoms with Gasteiger partial charge in [-0.05, 0) is 36.9 Å². The molecule has 0 atom stereocenters. The van der Waals surface area contributed by atoms with E-state index in [1.807, 2.05) is 49.7 Å². The van der Waals surface area contributed by atoms with Crippen molar-refractivity contribution < 1.29 is 11.7 Å². The van der Waals surface area contributed by atoms with Gasteiger partial charge in [-0.3, -0.25) is 0 Å². The first-order chi connectivity index (χ1) is 13.6. The molecule has 0 amide bonds. The van der Waals surface area contributed by atoms with Crippen LogP contribution in [0.25, 0.3) is 38.0 Å². The molecule has 4 aromatic rings. The molecule has 0 unspecified atom stereocenters. The first-order valence-electron chi connectivity index (χ1n) is 9.98. The van der Waals surface area contributed by atoms with Gasteiger partial charge in [0.1, 0.15) is 19.6 Å². The molecule has 0 saturated heterocycles. The summed E-state index contributed by atoms with van der Waals surface area (Å²) in [6, 6.07) is 11.7. The van der Waals surface area contributed by atoms with Gasteiger partial charge in [0.15, 0.2) is 6.17 Å². The molecule has 2 aromatic carbocycles. The van der Waals surface area contributed by atoms with Crippen LogP contribution < -0.4 is 4.57 Å². The minimum absolute atomic E-state index is 0.313. The molecule has 3 nitrogen and oxygen atoms in total. The third-order valence-electron chi connectivity index (χ3n) is 5.16. The highest BCUT2D eigenvalue weighted by atomic mass is 16.3. The van der Waals surface area contributed by atoms with Crippen molar-refractivity contribution in [1.82, 2.24) is 0 Å². The molecule has 0 aliphatic heterocycles. The third-order valence-corrected chi connectivity index (χ3v) is 5.16. The van der Waals surface area contributed by atoms with E-state index in [4.69, 9.17) is 13.7 Å². The van der Waals surface area contributed by atoms with Gasteiger partial charge in [-0.1, -0.05) is 38.1 Å². The molecule has 0 saturated carbocycles. The van der Waals surface area contributed by atoms with E-state index in [1.165, 1.54) is 0 Å². The van der Waals surface area contributed by atoms with E-state index in [0.29, 0.717) is 23.0 Å². The minimum Gasteiger partial charge on any atom is -0.466 e. The number of benzene rings is 2. The molecule has 0 N–H and O–H groups in total. The summed E-state index contributed by atoms with van der Waals surface area (Å²) < 4.78 is 25.0. The largest absolute Gasteiger partial charge is 0.466 e. The fourth-order valence-corrected chi connectivity index (χ4v) is 3.68. The van der Waals surface area contributed by atoms with Gasteiger partial charge in [-0.15, -0.1) is 0 Å². The predicted octanol–water partition coefficient (Wildman–Crippen LogP) is 6.37. The Kier molecular flexibility index (Phi) is 3.47. The Hall–Kier alpha value is -3.12. The second kappa shape index (κ2) is 6.25. The standard InChI is InChI=1S/C24H23N2O/c1-14(2)17-9-12-20(26(6)13-17)22-16(4)7-10-18-21-15(3)8-11-19(25-5)24(21)27-23(18)22/h7-14H,1-4,6H3/q+1/i13D,14D. The van der Waals surface area contributed by atoms with E-state index in [1.54, 1.807) is 19.9 Å². The smallest absolute Gasteiger partial charge is 0.229 e. The first-order valence-corrected chi connectivity index (χ1v) is 8.98. The van der Waals surface area contributed by atoms with E-state index >= 15 is 0 Å². The summed E-state index contributed by atoms with van der Waals surface area (Å²) in [5, 5.41) is 1.94. The number of hydrogen-bond acceptors (Lipinski definition) is 1. The van der Waals surface area contributed by atoms with Crippen LogP contribution in [-0.4, -0.2) is 0 Å². The molecule has 0 aliphatic carbocycles. The first kappa shape index (κ1) is 15.0. The molecule has 2 aromatic heterocycles. The predicted molar refractivity (Wildman–Crippen MR) is 110 cm³/mol. The van der Waals surface area contributed by atoms with Gasteiger partial charge in [0.2, 0.25) is 11.4 Å². The van der Waals surface area contributed by atoms with Crippen molar-refractivity contribution in [1.29, 1.82) is 0 Å².